The molecular weight excluding hydrogens is 230 g/mol. The Balaban J connectivity index is 2.01. The molecule has 1 aromatic heterocycles. The van der Waals surface area contributed by atoms with Gasteiger partial charge in [-0.25, -0.2) is 0 Å². The number of methoxy groups -OCH3 is 1. The standard InChI is InChI=1S/C14H15NO3/c1-17-14(16)11-7-15-6-10(11)12-8-18-13-5-3-2-4-9(12)13/h2-5,8,10-11,15H,6-7H2,1H3. The van der Waals surface area contributed by atoms with Crippen LogP contribution in [-0.4, -0.2) is 26.2 Å². The second kappa shape index (κ2) is 4.46. The molecule has 2 heterocycles. The van der Waals surface area contributed by atoms with Crippen molar-refractivity contribution in [3.8, 4) is 0 Å². The number of rotatable bonds is 2. The van der Waals surface area contributed by atoms with E-state index in [9.17, 15) is 4.79 Å². The Morgan fingerprint density at radius 1 is 1.39 bits per heavy atom. The van der Waals surface area contributed by atoms with Gasteiger partial charge in [0.15, 0.2) is 0 Å². The Morgan fingerprint density at radius 2 is 2.22 bits per heavy atom. The molecule has 0 amide bonds. The highest BCUT2D eigenvalue weighted by atomic mass is 16.5. The SMILES string of the molecule is COC(=O)C1CNCC1c1coc2ccccc12. The van der Waals surface area contributed by atoms with Gasteiger partial charge < -0.3 is 14.5 Å². The first-order chi connectivity index (χ1) is 8.81. The molecule has 0 radical (unpaired) electrons. The molecule has 3 rings (SSSR count). The Kier molecular flexibility index (Phi) is 2.80. The van der Waals surface area contributed by atoms with Crippen LogP contribution >= 0.6 is 0 Å². The molecule has 1 fully saturated rings. The smallest absolute Gasteiger partial charge is 0.310 e. The fourth-order valence-electron chi connectivity index (χ4n) is 2.69. The molecule has 1 N–H and O–H groups in total. The van der Waals surface area contributed by atoms with Crippen molar-refractivity contribution in [2.45, 2.75) is 5.92 Å². The molecule has 2 atom stereocenters. The van der Waals surface area contributed by atoms with Crippen LogP contribution in [0, 0.1) is 5.92 Å². The summed E-state index contributed by atoms with van der Waals surface area (Å²) in [7, 11) is 1.44. The average Bonchev–Trinajstić information content (AvgIpc) is 3.03. The van der Waals surface area contributed by atoms with Gasteiger partial charge >= 0.3 is 5.97 Å². The highest BCUT2D eigenvalue weighted by Crippen LogP contribution is 2.34. The first kappa shape index (κ1) is 11.3. The monoisotopic (exact) mass is 245 g/mol. The van der Waals surface area contributed by atoms with Crippen molar-refractivity contribution in [3.63, 3.8) is 0 Å². The highest BCUT2D eigenvalue weighted by Gasteiger charge is 2.36. The zero-order valence-electron chi connectivity index (χ0n) is 10.2. The Hall–Kier alpha value is -1.81. The largest absolute Gasteiger partial charge is 0.469 e. The van der Waals surface area contributed by atoms with Crippen LogP contribution in [-0.2, 0) is 9.53 Å². The third kappa shape index (κ3) is 1.69. The molecule has 18 heavy (non-hydrogen) atoms. The van der Waals surface area contributed by atoms with E-state index in [1.807, 2.05) is 24.3 Å². The Labute approximate surface area is 105 Å². The predicted molar refractivity (Wildman–Crippen MR) is 67.3 cm³/mol. The minimum Gasteiger partial charge on any atom is -0.469 e. The lowest BCUT2D eigenvalue weighted by Gasteiger charge is -2.15. The molecule has 0 bridgehead atoms. The summed E-state index contributed by atoms with van der Waals surface area (Å²) < 4.78 is 10.4. The zero-order valence-corrected chi connectivity index (χ0v) is 10.2. The number of carbonyl (C=O) groups excluding carboxylic acids is 1. The maximum absolute atomic E-state index is 11.8. The van der Waals surface area contributed by atoms with Crippen molar-refractivity contribution in [3.05, 3.63) is 36.1 Å². The van der Waals surface area contributed by atoms with Gasteiger partial charge in [-0.05, 0) is 6.07 Å². The minimum atomic E-state index is -0.157. The molecule has 2 aromatic rings. The molecule has 1 aliphatic rings. The molecule has 4 heteroatoms. The zero-order chi connectivity index (χ0) is 12.5. The third-order valence-corrected chi connectivity index (χ3v) is 3.63. The molecule has 0 saturated carbocycles. The number of ether oxygens (including phenoxy) is 1. The number of carbonyl (C=O) groups is 1. The van der Waals surface area contributed by atoms with Crippen LogP contribution < -0.4 is 5.32 Å². The van der Waals surface area contributed by atoms with Crippen molar-refractivity contribution >= 4 is 16.9 Å². The second-order valence-corrected chi connectivity index (χ2v) is 4.58. The summed E-state index contributed by atoms with van der Waals surface area (Å²) in [5.74, 6) is -0.160. The molecule has 4 nitrogen and oxygen atoms in total. The molecule has 2 unspecified atom stereocenters. The van der Waals surface area contributed by atoms with Gasteiger partial charge in [0.1, 0.15) is 5.58 Å². The van der Waals surface area contributed by atoms with Crippen LogP contribution in [0.25, 0.3) is 11.0 Å². The maximum Gasteiger partial charge on any atom is 0.310 e. The van der Waals surface area contributed by atoms with Gasteiger partial charge in [-0.3, -0.25) is 4.79 Å². The van der Waals surface area contributed by atoms with Crippen molar-refractivity contribution in [2.24, 2.45) is 5.92 Å². The van der Waals surface area contributed by atoms with Crippen LogP contribution in [0.4, 0.5) is 0 Å². The number of para-hydroxylation sites is 1. The lowest BCUT2D eigenvalue weighted by atomic mass is 9.89. The fraction of sp³-hybridized carbons (Fsp3) is 0.357. The lowest BCUT2D eigenvalue weighted by Crippen LogP contribution is -2.22. The molecule has 0 spiro atoms. The third-order valence-electron chi connectivity index (χ3n) is 3.63. The van der Waals surface area contributed by atoms with Gasteiger partial charge in [-0.2, -0.15) is 0 Å². The van der Waals surface area contributed by atoms with E-state index in [4.69, 9.17) is 9.15 Å². The van der Waals surface area contributed by atoms with E-state index in [-0.39, 0.29) is 17.8 Å². The summed E-state index contributed by atoms with van der Waals surface area (Å²) in [6.45, 7) is 1.44. The van der Waals surface area contributed by atoms with Gasteiger partial charge in [0.2, 0.25) is 0 Å². The summed E-state index contributed by atoms with van der Waals surface area (Å²) in [5, 5.41) is 4.33. The summed E-state index contributed by atoms with van der Waals surface area (Å²) in [4.78, 5) is 11.8. The summed E-state index contributed by atoms with van der Waals surface area (Å²) in [5.41, 5.74) is 1.95. The van der Waals surface area contributed by atoms with Crippen molar-refractivity contribution in [2.75, 3.05) is 20.2 Å². The topological polar surface area (TPSA) is 51.5 Å². The quantitative estimate of drug-likeness (QED) is 0.821. The summed E-state index contributed by atoms with van der Waals surface area (Å²) in [6, 6.07) is 7.90. The van der Waals surface area contributed by atoms with Crippen molar-refractivity contribution in [1.29, 1.82) is 0 Å². The van der Waals surface area contributed by atoms with Crippen LogP contribution in [0.2, 0.25) is 0 Å². The van der Waals surface area contributed by atoms with E-state index in [1.54, 1.807) is 6.26 Å². The molecular formula is C14H15NO3. The Bertz CT molecular complexity index is 575. The number of fused-ring (bicyclic) bond motifs is 1. The number of furan rings is 1. The number of benzene rings is 1. The fourth-order valence-corrected chi connectivity index (χ4v) is 2.69. The van der Waals surface area contributed by atoms with E-state index in [2.05, 4.69) is 5.32 Å². The summed E-state index contributed by atoms with van der Waals surface area (Å²) >= 11 is 0. The van der Waals surface area contributed by atoms with Gasteiger partial charge in [-0.1, -0.05) is 18.2 Å². The van der Waals surface area contributed by atoms with Crippen LogP contribution in [0.3, 0.4) is 0 Å². The maximum atomic E-state index is 11.8. The number of nitrogens with one attached hydrogen (secondary N) is 1. The van der Waals surface area contributed by atoms with Gasteiger partial charge in [0, 0.05) is 30.0 Å². The average molecular weight is 245 g/mol. The normalized spacial score (nSPS) is 23.4. The molecule has 0 aliphatic carbocycles. The first-order valence-electron chi connectivity index (χ1n) is 6.06. The lowest BCUT2D eigenvalue weighted by molar-refractivity contribution is -0.145. The highest BCUT2D eigenvalue weighted by molar-refractivity contribution is 5.83. The van der Waals surface area contributed by atoms with Gasteiger partial charge in [-0.15, -0.1) is 0 Å². The minimum absolute atomic E-state index is 0.126. The molecule has 1 aromatic carbocycles. The molecule has 1 saturated heterocycles. The van der Waals surface area contributed by atoms with Crippen LogP contribution in [0.15, 0.2) is 34.9 Å². The second-order valence-electron chi connectivity index (χ2n) is 4.58. The van der Waals surface area contributed by atoms with Gasteiger partial charge in [0.25, 0.3) is 0 Å². The Morgan fingerprint density at radius 3 is 3.06 bits per heavy atom. The predicted octanol–water partition coefficient (Wildman–Crippen LogP) is 1.91. The van der Waals surface area contributed by atoms with Crippen molar-refractivity contribution in [1.82, 2.24) is 5.32 Å². The first-order valence-corrected chi connectivity index (χ1v) is 6.06. The van der Waals surface area contributed by atoms with Gasteiger partial charge in [0.05, 0.1) is 19.3 Å². The number of esters is 1. The molecule has 1 aliphatic heterocycles. The molecule has 94 valence electrons. The van der Waals surface area contributed by atoms with Crippen LogP contribution in [0.1, 0.15) is 11.5 Å². The van der Waals surface area contributed by atoms with E-state index in [0.29, 0.717) is 6.54 Å². The number of hydrogen-bond donors (Lipinski definition) is 1. The number of hydrogen-bond acceptors (Lipinski definition) is 4. The van der Waals surface area contributed by atoms with Crippen LogP contribution in [0.5, 0.6) is 0 Å². The van der Waals surface area contributed by atoms with E-state index in [0.717, 1.165) is 23.1 Å². The summed E-state index contributed by atoms with van der Waals surface area (Å²) in [6.07, 6.45) is 1.76. The van der Waals surface area contributed by atoms with Crippen molar-refractivity contribution < 1.29 is 13.9 Å². The van der Waals surface area contributed by atoms with E-state index < -0.39 is 0 Å². The van der Waals surface area contributed by atoms with E-state index in [1.165, 1.54) is 7.11 Å². The van der Waals surface area contributed by atoms with E-state index >= 15 is 0 Å².